The number of benzene rings is 2. The van der Waals surface area contributed by atoms with Gasteiger partial charge in [0.2, 0.25) is 10.0 Å². The number of nitrogens with one attached hydrogen (secondary N) is 1. The van der Waals surface area contributed by atoms with Gasteiger partial charge in [-0.05, 0) is 25.3 Å². The molecule has 5 nitrogen and oxygen atoms in total. The molecule has 0 unspecified atom stereocenters. The minimum atomic E-state index is -3.63. The van der Waals surface area contributed by atoms with Crippen molar-refractivity contribution in [3.05, 3.63) is 42.5 Å². The van der Waals surface area contributed by atoms with Crippen molar-refractivity contribution in [2.75, 3.05) is 19.8 Å². The molecule has 6 heteroatoms. The van der Waals surface area contributed by atoms with Crippen LogP contribution in [0.1, 0.15) is 13.8 Å². The van der Waals surface area contributed by atoms with E-state index in [1.54, 1.807) is 18.2 Å². The molecule has 0 fully saturated rings. The van der Waals surface area contributed by atoms with Crippen LogP contribution in [0.3, 0.4) is 0 Å². The van der Waals surface area contributed by atoms with Crippen LogP contribution < -0.4 is 4.72 Å². The van der Waals surface area contributed by atoms with Crippen molar-refractivity contribution in [3.8, 4) is 0 Å². The van der Waals surface area contributed by atoms with Crippen molar-refractivity contribution in [2.24, 2.45) is 0 Å². The Labute approximate surface area is 131 Å². The lowest BCUT2D eigenvalue weighted by molar-refractivity contribution is -0.130. The fraction of sp³-hybridized carbons (Fsp3) is 0.375. The van der Waals surface area contributed by atoms with Gasteiger partial charge in [0.05, 0.1) is 11.4 Å². The van der Waals surface area contributed by atoms with Crippen LogP contribution in [0.2, 0.25) is 0 Å². The summed E-state index contributed by atoms with van der Waals surface area (Å²) in [6.07, 6.45) is -0.584. The van der Waals surface area contributed by atoms with Crippen molar-refractivity contribution < 1.29 is 17.9 Å². The smallest absolute Gasteiger partial charge is 0.241 e. The van der Waals surface area contributed by atoms with Gasteiger partial charge in [-0.25, -0.2) is 13.1 Å². The van der Waals surface area contributed by atoms with E-state index < -0.39 is 16.3 Å². The molecule has 0 radical (unpaired) electrons. The molecule has 0 heterocycles. The summed E-state index contributed by atoms with van der Waals surface area (Å²) in [6, 6.07) is 12.6. The monoisotopic (exact) mass is 323 g/mol. The number of hydrogen-bond acceptors (Lipinski definition) is 4. The molecule has 0 bridgehead atoms. The van der Waals surface area contributed by atoms with Gasteiger partial charge in [-0.3, -0.25) is 0 Å². The first kappa shape index (κ1) is 16.9. The van der Waals surface area contributed by atoms with Gasteiger partial charge in [0.1, 0.15) is 0 Å². The molecule has 0 aliphatic carbocycles. The highest BCUT2D eigenvalue weighted by Gasteiger charge is 2.19. The molecule has 0 amide bonds. The summed E-state index contributed by atoms with van der Waals surface area (Å²) in [5.74, 6) is 0. The maximum atomic E-state index is 12.5. The molecule has 0 atom stereocenters. The Morgan fingerprint density at radius 1 is 1.00 bits per heavy atom. The predicted molar refractivity (Wildman–Crippen MR) is 86.2 cm³/mol. The Bertz CT molecular complexity index is 704. The van der Waals surface area contributed by atoms with Crippen molar-refractivity contribution in [1.29, 1.82) is 0 Å². The molecule has 0 spiro atoms. The lowest BCUT2D eigenvalue weighted by Gasteiger charge is -2.18. The minimum Gasteiger partial charge on any atom is -0.352 e. The molecular formula is C16H21NO4S. The van der Waals surface area contributed by atoms with Crippen molar-refractivity contribution in [3.63, 3.8) is 0 Å². The van der Waals surface area contributed by atoms with E-state index in [2.05, 4.69) is 4.72 Å². The average molecular weight is 323 g/mol. The molecule has 0 aliphatic heterocycles. The lowest BCUT2D eigenvalue weighted by atomic mass is 10.1. The largest absolute Gasteiger partial charge is 0.352 e. The minimum absolute atomic E-state index is 0.0766. The number of fused-ring (bicyclic) bond motifs is 1. The van der Waals surface area contributed by atoms with Crippen LogP contribution in [0, 0.1) is 0 Å². The first-order valence-corrected chi connectivity index (χ1v) is 8.77. The van der Waals surface area contributed by atoms with E-state index in [0.29, 0.717) is 18.6 Å². The molecule has 2 aromatic rings. The van der Waals surface area contributed by atoms with Crippen LogP contribution in [0.5, 0.6) is 0 Å². The fourth-order valence-electron chi connectivity index (χ4n) is 2.22. The van der Waals surface area contributed by atoms with E-state index in [4.69, 9.17) is 9.47 Å². The highest BCUT2D eigenvalue weighted by Crippen LogP contribution is 2.22. The van der Waals surface area contributed by atoms with Gasteiger partial charge in [-0.1, -0.05) is 36.4 Å². The van der Waals surface area contributed by atoms with E-state index in [0.717, 1.165) is 5.39 Å². The van der Waals surface area contributed by atoms with Gasteiger partial charge in [0, 0.05) is 18.6 Å². The highest BCUT2D eigenvalue weighted by atomic mass is 32.2. The topological polar surface area (TPSA) is 64.6 Å². The summed E-state index contributed by atoms with van der Waals surface area (Å²) in [5, 5.41) is 1.58. The molecule has 0 saturated carbocycles. The van der Waals surface area contributed by atoms with Gasteiger partial charge in [0.25, 0.3) is 0 Å². The van der Waals surface area contributed by atoms with E-state index >= 15 is 0 Å². The fourth-order valence-corrected chi connectivity index (χ4v) is 3.47. The lowest BCUT2D eigenvalue weighted by Crippen LogP contribution is -2.35. The molecular weight excluding hydrogens is 302 g/mol. The van der Waals surface area contributed by atoms with Gasteiger partial charge in [0.15, 0.2) is 6.29 Å². The SMILES string of the molecule is CCOC(CNS(=O)(=O)c1cccc2ccccc12)OCC. The van der Waals surface area contributed by atoms with Crippen LogP contribution in [-0.4, -0.2) is 34.5 Å². The summed E-state index contributed by atoms with van der Waals surface area (Å²) in [6.45, 7) is 4.67. The van der Waals surface area contributed by atoms with Crippen molar-refractivity contribution in [2.45, 2.75) is 25.0 Å². The Morgan fingerprint density at radius 2 is 1.64 bits per heavy atom. The maximum Gasteiger partial charge on any atom is 0.241 e. The molecule has 1 N–H and O–H groups in total. The summed E-state index contributed by atoms with van der Waals surface area (Å²) >= 11 is 0. The van der Waals surface area contributed by atoms with E-state index in [1.807, 2.05) is 38.1 Å². The highest BCUT2D eigenvalue weighted by molar-refractivity contribution is 7.89. The van der Waals surface area contributed by atoms with Crippen LogP contribution in [0.15, 0.2) is 47.4 Å². The molecule has 0 aliphatic rings. The summed E-state index contributed by atoms with van der Waals surface area (Å²) in [5.41, 5.74) is 0. The van der Waals surface area contributed by atoms with Crippen LogP contribution in [-0.2, 0) is 19.5 Å². The number of hydrogen-bond donors (Lipinski definition) is 1. The van der Waals surface area contributed by atoms with Crippen molar-refractivity contribution in [1.82, 2.24) is 4.72 Å². The molecule has 0 aromatic heterocycles. The molecule has 2 aromatic carbocycles. The van der Waals surface area contributed by atoms with Gasteiger partial charge in [-0.2, -0.15) is 0 Å². The zero-order valence-corrected chi connectivity index (χ0v) is 13.6. The van der Waals surface area contributed by atoms with Crippen LogP contribution in [0.25, 0.3) is 10.8 Å². The second-order valence-electron chi connectivity index (χ2n) is 4.67. The third kappa shape index (κ3) is 4.04. The van der Waals surface area contributed by atoms with Crippen molar-refractivity contribution >= 4 is 20.8 Å². The molecule has 0 saturated heterocycles. The summed E-state index contributed by atoms with van der Waals surface area (Å²) in [7, 11) is -3.63. The third-order valence-electron chi connectivity index (χ3n) is 3.18. The first-order valence-electron chi connectivity index (χ1n) is 7.29. The second-order valence-corrected chi connectivity index (χ2v) is 6.40. The number of ether oxygens (including phenoxy) is 2. The molecule has 22 heavy (non-hydrogen) atoms. The Kier molecular flexibility index (Phi) is 5.90. The average Bonchev–Trinajstić information content (AvgIpc) is 2.52. The molecule has 2 rings (SSSR count). The zero-order chi connectivity index (χ0) is 16.0. The van der Waals surface area contributed by atoms with Gasteiger partial charge >= 0.3 is 0 Å². The first-order chi connectivity index (χ1) is 10.6. The zero-order valence-electron chi connectivity index (χ0n) is 12.8. The van der Waals surface area contributed by atoms with E-state index in [1.165, 1.54) is 0 Å². The summed E-state index contributed by atoms with van der Waals surface area (Å²) < 4.78 is 38.3. The Balaban J connectivity index is 2.22. The van der Waals surface area contributed by atoms with E-state index in [9.17, 15) is 8.42 Å². The maximum absolute atomic E-state index is 12.5. The van der Waals surface area contributed by atoms with Crippen LogP contribution >= 0.6 is 0 Å². The predicted octanol–water partition coefficient (Wildman–Crippen LogP) is 2.52. The Morgan fingerprint density at radius 3 is 2.32 bits per heavy atom. The normalized spacial score (nSPS) is 12.1. The standard InChI is InChI=1S/C16H21NO4S/c1-3-20-16(21-4-2)12-17-22(18,19)15-11-7-9-13-8-5-6-10-14(13)15/h5-11,16-17H,3-4,12H2,1-2H3. The van der Waals surface area contributed by atoms with E-state index in [-0.39, 0.29) is 11.4 Å². The van der Waals surface area contributed by atoms with Gasteiger partial charge in [-0.15, -0.1) is 0 Å². The second kappa shape index (κ2) is 7.69. The number of rotatable bonds is 8. The van der Waals surface area contributed by atoms with Crippen LogP contribution in [0.4, 0.5) is 0 Å². The van der Waals surface area contributed by atoms with Gasteiger partial charge < -0.3 is 9.47 Å². The summed E-state index contributed by atoms with van der Waals surface area (Å²) in [4.78, 5) is 0.261. The third-order valence-corrected chi connectivity index (χ3v) is 4.67. The molecule has 120 valence electrons. The number of sulfonamides is 1. The quantitative estimate of drug-likeness (QED) is 0.758. The Hall–Kier alpha value is -1.47.